The number of aromatic nitrogens is 1. The van der Waals surface area contributed by atoms with E-state index < -0.39 is 10.0 Å². The lowest BCUT2D eigenvalue weighted by Crippen LogP contribution is -2.30. The molecule has 0 aliphatic rings. The van der Waals surface area contributed by atoms with E-state index in [-0.39, 0.29) is 17.3 Å². The van der Waals surface area contributed by atoms with Crippen LogP contribution in [0.5, 0.6) is 11.5 Å². The SMILES string of the molecule is CCN(CC)S(=O)(=O)c1ccc2c(c1)cc(C(=O)NCc1cccc(OC)c1OC)n2C. The molecule has 0 saturated carbocycles. The summed E-state index contributed by atoms with van der Waals surface area (Å²) in [6.07, 6.45) is 0. The normalized spacial score (nSPS) is 11.7. The second-order valence-electron chi connectivity index (χ2n) is 7.23. The Morgan fingerprint density at radius 3 is 2.41 bits per heavy atom. The van der Waals surface area contributed by atoms with Crippen LogP contribution in [0, 0.1) is 0 Å². The van der Waals surface area contributed by atoms with Gasteiger partial charge in [-0.2, -0.15) is 4.31 Å². The predicted octanol–water partition coefficient (Wildman–Crippen LogP) is 3.16. The quantitative estimate of drug-likeness (QED) is 0.531. The Bertz CT molecular complexity index is 1230. The van der Waals surface area contributed by atoms with Crippen LogP contribution < -0.4 is 14.8 Å². The van der Waals surface area contributed by atoms with Crippen molar-refractivity contribution in [2.45, 2.75) is 25.3 Å². The molecule has 3 aromatic rings. The van der Waals surface area contributed by atoms with Crippen LogP contribution in [0.4, 0.5) is 0 Å². The van der Waals surface area contributed by atoms with Gasteiger partial charge in [0.2, 0.25) is 10.0 Å². The second-order valence-corrected chi connectivity index (χ2v) is 9.17. The van der Waals surface area contributed by atoms with Crippen molar-refractivity contribution in [3.8, 4) is 11.5 Å². The van der Waals surface area contributed by atoms with Gasteiger partial charge in [0, 0.05) is 43.1 Å². The van der Waals surface area contributed by atoms with Gasteiger partial charge in [-0.1, -0.05) is 26.0 Å². The Kier molecular flexibility index (Phi) is 7.10. The van der Waals surface area contributed by atoms with E-state index >= 15 is 0 Å². The lowest BCUT2D eigenvalue weighted by molar-refractivity contribution is 0.0943. The molecular formula is C23H29N3O5S. The minimum Gasteiger partial charge on any atom is -0.493 e. The van der Waals surface area contributed by atoms with Gasteiger partial charge in [-0.05, 0) is 30.3 Å². The number of amides is 1. The van der Waals surface area contributed by atoms with Gasteiger partial charge >= 0.3 is 0 Å². The largest absolute Gasteiger partial charge is 0.493 e. The Balaban J connectivity index is 1.88. The molecule has 9 heteroatoms. The van der Waals surface area contributed by atoms with Crippen molar-refractivity contribution in [2.24, 2.45) is 7.05 Å². The minimum atomic E-state index is -3.58. The van der Waals surface area contributed by atoms with E-state index in [1.165, 1.54) is 4.31 Å². The fourth-order valence-electron chi connectivity index (χ4n) is 3.78. The third kappa shape index (κ3) is 4.31. The van der Waals surface area contributed by atoms with Gasteiger partial charge in [-0.15, -0.1) is 0 Å². The molecule has 8 nitrogen and oxygen atoms in total. The molecule has 2 aromatic carbocycles. The summed E-state index contributed by atoms with van der Waals surface area (Å²) in [6.45, 7) is 4.66. The summed E-state index contributed by atoms with van der Waals surface area (Å²) < 4.78 is 39.6. The molecule has 1 N–H and O–H groups in total. The molecule has 3 rings (SSSR count). The highest BCUT2D eigenvalue weighted by molar-refractivity contribution is 7.89. The number of nitrogens with zero attached hydrogens (tertiary/aromatic N) is 2. The standard InChI is InChI=1S/C23H29N3O5S/c1-6-26(7-2)32(28,29)18-11-12-19-17(13-18)14-20(25(19)3)23(27)24-15-16-9-8-10-21(30-4)22(16)31-5/h8-14H,6-7,15H2,1-5H3,(H,24,27). The molecule has 0 unspecified atom stereocenters. The number of hydrogen-bond acceptors (Lipinski definition) is 5. The van der Waals surface area contributed by atoms with E-state index in [9.17, 15) is 13.2 Å². The predicted molar refractivity (Wildman–Crippen MR) is 124 cm³/mol. The van der Waals surface area contributed by atoms with Crippen molar-refractivity contribution >= 4 is 26.8 Å². The first-order valence-electron chi connectivity index (χ1n) is 10.4. The molecule has 0 spiro atoms. The number of ether oxygens (including phenoxy) is 2. The number of nitrogens with one attached hydrogen (secondary N) is 1. The van der Waals surface area contributed by atoms with Gasteiger partial charge in [-0.25, -0.2) is 8.42 Å². The summed E-state index contributed by atoms with van der Waals surface area (Å²) in [5.41, 5.74) is 1.98. The number of carbonyl (C=O) groups excluding carboxylic acids is 1. The van der Waals surface area contributed by atoms with Crippen LogP contribution >= 0.6 is 0 Å². The summed E-state index contributed by atoms with van der Waals surface area (Å²) in [6, 6.07) is 12.1. The molecule has 0 atom stereocenters. The zero-order valence-corrected chi connectivity index (χ0v) is 19.8. The van der Waals surface area contributed by atoms with Gasteiger partial charge in [0.1, 0.15) is 5.69 Å². The first-order chi connectivity index (χ1) is 15.3. The van der Waals surface area contributed by atoms with Crippen molar-refractivity contribution < 1.29 is 22.7 Å². The number of hydrogen-bond donors (Lipinski definition) is 1. The molecule has 1 amide bonds. The number of carbonyl (C=O) groups is 1. The van der Waals surface area contributed by atoms with Crippen LogP contribution in [0.2, 0.25) is 0 Å². The maximum Gasteiger partial charge on any atom is 0.268 e. The smallest absolute Gasteiger partial charge is 0.268 e. The highest BCUT2D eigenvalue weighted by atomic mass is 32.2. The average Bonchev–Trinajstić information content (AvgIpc) is 3.13. The number of aryl methyl sites for hydroxylation is 1. The Labute approximate surface area is 188 Å². The summed E-state index contributed by atoms with van der Waals surface area (Å²) in [5, 5.41) is 3.59. The van der Waals surface area contributed by atoms with Crippen molar-refractivity contribution in [3.63, 3.8) is 0 Å². The first kappa shape index (κ1) is 23.6. The molecule has 0 fully saturated rings. The molecule has 0 aliphatic carbocycles. The van der Waals surface area contributed by atoms with Gasteiger partial charge < -0.3 is 19.4 Å². The van der Waals surface area contributed by atoms with E-state index in [1.54, 1.807) is 56.2 Å². The molecule has 0 aliphatic heterocycles. The van der Waals surface area contributed by atoms with Crippen LogP contribution in [0.25, 0.3) is 10.9 Å². The zero-order chi connectivity index (χ0) is 23.5. The zero-order valence-electron chi connectivity index (χ0n) is 19.0. The number of fused-ring (bicyclic) bond motifs is 1. The minimum absolute atomic E-state index is 0.215. The fourth-order valence-corrected chi connectivity index (χ4v) is 5.27. The van der Waals surface area contributed by atoms with Crippen molar-refractivity contribution in [3.05, 3.63) is 53.7 Å². The van der Waals surface area contributed by atoms with Gasteiger partial charge in [0.25, 0.3) is 5.91 Å². The topological polar surface area (TPSA) is 89.9 Å². The monoisotopic (exact) mass is 459 g/mol. The highest BCUT2D eigenvalue weighted by Gasteiger charge is 2.23. The van der Waals surface area contributed by atoms with Gasteiger partial charge in [0.05, 0.1) is 19.1 Å². The average molecular weight is 460 g/mol. The third-order valence-electron chi connectivity index (χ3n) is 5.51. The lowest BCUT2D eigenvalue weighted by atomic mass is 10.2. The maximum absolute atomic E-state index is 12.9. The third-order valence-corrected chi connectivity index (χ3v) is 7.56. The lowest BCUT2D eigenvalue weighted by Gasteiger charge is -2.18. The number of benzene rings is 2. The Hall–Kier alpha value is -3.04. The van der Waals surface area contributed by atoms with Crippen molar-refractivity contribution in [2.75, 3.05) is 27.3 Å². The number of sulfonamides is 1. The summed E-state index contributed by atoms with van der Waals surface area (Å²) in [5.74, 6) is 0.881. The summed E-state index contributed by atoms with van der Waals surface area (Å²) >= 11 is 0. The molecular weight excluding hydrogens is 430 g/mol. The molecule has 0 radical (unpaired) electrons. The summed E-state index contributed by atoms with van der Waals surface area (Å²) in [4.78, 5) is 13.1. The fraction of sp³-hybridized carbons (Fsp3) is 0.348. The first-order valence-corrected chi connectivity index (χ1v) is 11.8. The number of methoxy groups -OCH3 is 2. The number of rotatable bonds is 9. The van der Waals surface area contributed by atoms with E-state index in [1.807, 2.05) is 26.0 Å². The molecule has 32 heavy (non-hydrogen) atoms. The maximum atomic E-state index is 12.9. The van der Waals surface area contributed by atoms with E-state index in [2.05, 4.69) is 5.32 Å². The Morgan fingerprint density at radius 1 is 1.06 bits per heavy atom. The van der Waals surface area contributed by atoms with Crippen LogP contribution in [0.3, 0.4) is 0 Å². The Morgan fingerprint density at radius 2 is 1.78 bits per heavy atom. The molecule has 0 saturated heterocycles. The second kappa shape index (κ2) is 9.62. The molecule has 172 valence electrons. The van der Waals surface area contributed by atoms with E-state index in [4.69, 9.17) is 9.47 Å². The van der Waals surface area contributed by atoms with Crippen LogP contribution in [-0.4, -0.2) is 50.5 Å². The van der Waals surface area contributed by atoms with Crippen LogP contribution in [-0.2, 0) is 23.6 Å². The van der Waals surface area contributed by atoms with Gasteiger partial charge in [-0.3, -0.25) is 4.79 Å². The highest BCUT2D eigenvalue weighted by Crippen LogP contribution is 2.30. The van der Waals surface area contributed by atoms with Crippen LogP contribution in [0.15, 0.2) is 47.4 Å². The van der Waals surface area contributed by atoms with Crippen molar-refractivity contribution in [1.82, 2.24) is 14.2 Å². The molecule has 1 heterocycles. The molecule has 1 aromatic heterocycles. The van der Waals surface area contributed by atoms with Crippen LogP contribution in [0.1, 0.15) is 29.9 Å². The van der Waals surface area contributed by atoms with Crippen molar-refractivity contribution in [1.29, 1.82) is 0 Å². The van der Waals surface area contributed by atoms with Gasteiger partial charge in [0.15, 0.2) is 11.5 Å². The molecule has 0 bridgehead atoms. The summed E-state index contributed by atoms with van der Waals surface area (Å²) in [7, 11) is 1.31. The van der Waals surface area contributed by atoms with E-state index in [0.717, 1.165) is 11.1 Å². The van der Waals surface area contributed by atoms with E-state index in [0.29, 0.717) is 35.7 Å². The number of para-hydroxylation sites is 1.